The fourth-order valence-electron chi connectivity index (χ4n) is 4.32. The van der Waals surface area contributed by atoms with Crippen molar-refractivity contribution in [2.45, 2.75) is 25.3 Å². The number of rotatable bonds is 2. The molecule has 2 aliphatic rings. The Morgan fingerprint density at radius 3 is 2.56 bits per heavy atom. The number of hydrogen-bond donors (Lipinski definition) is 2. The van der Waals surface area contributed by atoms with Crippen LogP contribution in [0.1, 0.15) is 35.1 Å². The zero-order chi connectivity index (χ0) is 17.6. The van der Waals surface area contributed by atoms with Gasteiger partial charge in [-0.15, -0.1) is 0 Å². The third kappa shape index (κ3) is 2.30. The topological polar surface area (TPSA) is 82.0 Å². The van der Waals surface area contributed by atoms with E-state index < -0.39 is 17.5 Å². The van der Waals surface area contributed by atoms with Crippen molar-refractivity contribution < 1.29 is 9.59 Å². The Morgan fingerprint density at radius 1 is 1.16 bits per heavy atom. The first kappa shape index (κ1) is 15.4. The number of nitrogens with zero attached hydrogens (tertiary/aromatic N) is 1. The van der Waals surface area contributed by atoms with Gasteiger partial charge >= 0.3 is 6.03 Å². The van der Waals surface area contributed by atoms with Gasteiger partial charge in [-0.1, -0.05) is 43.3 Å². The van der Waals surface area contributed by atoms with Crippen molar-refractivity contribution in [3.8, 4) is 6.07 Å². The molecule has 2 aromatic carbocycles. The lowest BCUT2D eigenvalue weighted by atomic mass is 9.69. The molecule has 3 amide bonds. The van der Waals surface area contributed by atoms with Gasteiger partial charge in [0, 0.05) is 11.3 Å². The summed E-state index contributed by atoms with van der Waals surface area (Å²) in [6.45, 7) is 2.03. The fourth-order valence-corrected chi connectivity index (χ4v) is 4.32. The number of benzene rings is 2. The molecule has 0 saturated carbocycles. The van der Waals surface area contributed by atoms with Gasteiger partial charge < -0.3 is 5.32 Å². The van der Waals surface area contributed by atoms with Crippen molar-refractivity contribution in [3.63, 3.8) is 0 Å². The molecule has 2 N–H and O–H groups in total. The van der Waals surface area contributed by atoms with E-state index in [0.717, 1.165) is 16.7 Å². The normalized spacial score (nSPS) is 27.4. The first-order valence-electron chi connectivity index (χ1n) is 8.22. The number of carbonyl (C=O) groups is 2. The first-order valence-corrected chi connectivity index (χ1v) is 8.22. The molecule has 1 saturated heterocycles. The minimum atomic E-state index is -0.608. The summed E-state index contributed by atoms with van der Waals surface area (Å²) in [6, 6.07) is 16.8. The van der Waals surface area contributed by atoms with Crippen molar-refractivity contribution >= 4 is 11.9 Å². The molecule has 5 heteroatoms. The van der Waals surface area contributed by atoms with Gasteiger partial charge in [-0.2, -0.15) is 5.26 Å². The summed E-state index contributed by atoms with van der Waals surface area (Å²) in [4.78, 5) is 24.1. The maximum atomic E-state index is 12.4. The van der Waals surface area contributed by atoms with Crippen molar-refractivity contribution in [2.24, 2.45) is 5.41 Å². The molecule has 3 atom stereocenters. The lowest BCUT2D eigenvalue weighted by Crippen LogP contribution is -2.47. The van der Waals surface area contributed by atoms with E-state index in [1.54, 1.807) is 6.07 Å². The second kappa shape index (κ2) is 5.45. The minimum Gasteiger partial charge on any atom is -0.325 e. The molecule has 25 heavy (non-hydrogen) atoms. The van der Waals surface area contributed by atoms with Crippen LogP contribution in [0.3, 0.4) is 0 Å². The van der Waals surface area contributed by atoms with Gasteiger partial charge in [0.25, 0.3) is 5.91 Å². The Bertz CT molecular complexity index is 916. The molecule has 2 aromatic rings. The monoisotopic (exact) mass is 331 g/mol. The van der Waals surface area contributed by atoms with Crippen molar-refractivity contribution in [2.75, 3.05) is 0 Å². The van der Waals surface area contributed by atoms with Crippen molar-refractivity contribution in [3.05, 3.63) is 70.8 Å². The van der Waals surface area contributed by atoms with Crippen LogP contribution in [0.25, 0.3) is 0 Å². The molecule has 1 fully saturated rings. The molecule has 0 spiro atoms. The lowest BCUT2D eigenvalue weighted by molar-refractivity contribution is -0.122. The van der Waals surface area contributed by atoms with Crippen LogP contribution in [0, 0.1) is 16.7 Å². The van der Waals surface area contributed by atoms with E-state index in [2.05, 4.69) is 16.7 Å². The van der Waals surface area contributed by atoms with Crippen LogP contribution in [-0.2, 0) is 11.2 Å². The Hall–Kier alpha value is -3.13. The van der Waals surface area contributed by atoms with E-state index in [9.17, 15) is 14.9 Å². The maximum Gasteiger partial charge on any atom is 0.322 e. The highest BCUT2D eigenvalue weighted by atomic mass is 16.2. The number of amides is 3. The Morgan fingerprint density at radius 2 is 1.92 bits per heavy atom. The van der Waals surface area contributed by atoms with Crippen LogP contribution in [0.4, 0.5) is 4.79 Å². The fraction of sp³-hybridized carbons (Fsp3) is 0.250. The molecule has 0 radical (unpaired) electrons. The SMILES string of the molecule is CC1([C@H]2NC(=O)NC2=O)Cc2ccc(C#N)cc2C1c1ccccc1. The van der Waals surface area contributed by atoms with E-state index in [1.165, 1.54) is 0 Å². The summed E-state index contributed by atoms with van der Waals surface area (Å²) in [5, 5.41) is 14.4. The standard InChI is InChI=1S/C20H17N3O2/c1-20(17-18(24)23-19(25)22-17)10-14-8-7-12(11-21)9-15(14)16(20)13-5-3-2-4-6-13/h2-9,16-17H,10H2,1H3,(H2,22,23,24,25)/t16?,17-,20?/m0/s1. The molecule has 5 nitrogen and oxygen atoms in total. The van der Waals surface area contributed by atoms with Gasteiger partial charge in [0.15, 0.2) is 0 Å². The summed E-state index contributed by atoms with van der Waals surface area (Å²) < 4.78 is 0. The highest BCUT2D eigenvalue weighted by Crippen LogP contribution is 2.53. The van der Waals surface area contributed by atoms with Crippen LogP contribution in [-0.4, -0.2) is 18.0 Å². The lowest BCUT2D eigenvalue weighted by Gasteiger charge is -2.36. The Balaban J connectivity index is 1.89. The van der Waals surface area contributed by atoms with Crippen LogP contribution in [0.5, 0.6) is 0 Å². The van der Waals surface area contributed by atoms with Gasteiger partial charge in [0.2, 0.25) is 0 Å². The largest absolute Gasteiger partial charge is 0.325 e. The zero-order valence-corrected chi connectivity index (χ0v) is 13.7. The molecular weight excluding hydrogens is 314 g/mol. The van der Waals surface area contributed by atoms with Gasteiger partial charge in [0.1, 0.15) is 6.04 Å². The predicted molar refractivity (Wildman–Crippen MR) is 91.7 cm³/mol. The third-order valence-corrected chi connectivity index (χ3v) is 5.38. The number of urea groups is 1. The quantitative estimate of drug-likeness (QED) is 0.829. The average molecular weight is 331 g/mol. The van der Waals surface area contributed by atoms with Gasteiger partial charge in [0.05, 0.1) is 11.6 Å². The van der Waals surface area contributed by atoms with E-state index >= 15 is 0 Å². The van der Waals surface area contributed by atoms with Crippen molar-refractivity contribution in [1.29, 1.82) is 5.26 Å². The number of carbonyl (C=O) groups excluding carboxylic acids is 2. The van der Waals surface area contributed by atoms with Gasteiger partial charge in [-0.05, 0) is 35.2 Å². The summed E-state index contributed by atoms with van der Waals surface area (Å²) >= 11 is 0. The molecule has 0 aromatic heterocycles. The van der Waals surface area contributed by atoms with Crippen LogP contribution < -0.4 is 10.6 Å². The first-order chi connectivity index (χ1) is 12.0. The Kier molecular flexibility index (Phi) is 3.36. The Labute approximate surface area is 145 Å². The number of nitriles is 1. The van der Waals surface area contributed by atoms with E-state index in [0.29, 0.717) is 12.0 Å². The van der Waals surface area contributed by atoms with Gasteiger partial charge in [-0.25, -0.2) is 4.79 Å². The smallest absolute Gasteiger partial charge is 0.322 e. The van der Waals surface area contributed by atoms with Crippen LogP contribution >= 0.6 is 0 Å². The molecule has 2 unspecified atom stereocenters. The van der Waals surface area contributed by atoms with Gasteiger partial charge in [-0.3, -0.25) is 10.1 Å². The predicted octanol–water partition coefficient (Wildman–Crippen LogP) is 2.46. The highest BCUT2D eigenvalue weighted by Gasteiger charge is 2.53. The van der Waals surface area contributed by atoms with E-state index in [1.807, 2.05) is 49.4 Å². The van der Waals surface area contributed by atoms with Crippen molar-refractivity contribution in [1.82, 2.24) is 10.6 Å². The van der Waals surface area contributed by atoms with E-state index in [4.69, 9.17) is 0 Å². The molecule has 1 aliphatic heterocycles. The molecule has 0 bridgehead atoms. The zero-order valence-electron chi connectivity index (χ0n) is 13.7. The van der Waals surface area contributed by atoms with Crippen LogP contribution in [0.2, 0.25) is 0 Å². The number of imide groups is 1. The maximum absolute atomic E-state index is 12.4. The minimum absolute atomic E-state index is 0.0776. The molecule has 124 valence electrons. The molecule has 1 heterocycles. The van der Waals surface area contributed by atoms with E-state index in [-0.39, 0.29) is 11.8 Å². The second-order valence-electron chi connectivity index (χ2n) is 6.95. The summed E-state index contributed by atoms with van der Waals surface area (Å²) in [7, 11) is 0. The number of hydrogen-bond acceptors (Lipinski definition) is 3. The number of nitrogens with one attached hydrogen (secondary N) is 2. The molecule has 1 aliphatic carbocycles. The molecule has 4 rings (SSSR count). The van der Waals surface area contributed by atoms with Crippen LogP contribution in [0.15, 0.2) is 48.5 Å². The number of fused-ring (bicyclic) bond motifs is 1. The summed E-state index contributed by atoms with van der Waals surface area (Å²) in [6.07, 6.45) is 0.659. The third-order valence-electron chi connectivity index (χ3n) is 5.38. The summed E-state index contributed by atoms with van der Waals surface area (Å²) in [5.74, 6) is -0.368. The molecular formula is C20H17N3O2. The second-order valence-corrected chi connectivity index (χ2v) is 6.95. The highest BCUT2D eigenvalue weighted by molar-refractivity contribution is 6.04. The average Bonchev–Trinajstić information content (AvgIpc) is 3.11. The summed E-state index contributed by atoms with van der Waals surface area (Å²) in [5.41, 5.74) is 3.34.